The van der Waals surface area contributed by atoms with Crippen molar-refractivity contribution >= 4 is 44.6 Å². The Labute approximate surface area is 162 Å². The van der Waals surface area contributed by atoms with Gasteiger partial charge in [-0.1, -0.05) is 6.07 Å². The molecule has 0 aliphatic rings. The molecule has 0 bridgehead atoms. The number of nitrogens with one attached hydrogen (secondary N) is 1. The average Bonchev–Trinajstić information content (AvgIpc) is 3.14. The first-order valence-electron chi connectivity index (χ1n) is 7.87. The van der Waals surface area contributed by atoms with Gasteiger partial charge in [-0.25, -0.2) is 17.5 Å². The molecular weight excluding hydrogens is 390 g/mol. The van der Waals surface area contributed by atoms with Crippen LogP contribution < -0.4 is 10.2 Å². The largest absolute Gasteiger partial charge is 0.451 e. The molecule has 0 unspecified atom stereocenters. The SMILES string of the molecule is CN(C)c1ccc(S(=O)(=O)N(C)C)cc1NC(=O)COC(=O)c1cccs1. The maximum atomic E-state index is 12.3. The summed E-state index contributed by atoms with van der Waals surface area (Å²) in [5.74, 6) is -1.15. The number of carbonyl (C=O) groups excluding carboxylic acids is 2. The summed E-state index contributed by atoms with van der Waals surface area (Å²) in [5, 5.41) is 4.34. The second-order valence-electron chi connectivity index (χ2n) is 5.96. The van der Waals surface area contributed by atoms with Crippen LogP contribution in [0.4, 0.5) is 11.4 Å². The molecule has 1 aromatic carbocycles. The van der Waals surface area contributed by atoms with Crippen molar-refractivity contribution in [2.24, 2.45) is 0 Å². The molecule has 0 spiro atoms. The van der Waals surface area contributed by atoms with E-state index in [0.29, 0.717) is 16.3 Å². The van der Waals surface area contributed by atoms with E-state index in [2.05, 4.69) is 5.32 Å². The maximum absolute atomic E-state index is 12.3. The number of esters is 1. The fourth-order valence-corrected chi connectivity index (χ4v) is 3.70. The molecule has 1 heterocycles. The van der Waals surface area contributed by atoms with E-state index in [1.54, 1.807) is 42.6 Å². The van der Waals surface area contributed by atoms with Crippen LogP contribution in [0.2, 0.25) is 0 Å². The number of carbonyl (C=O) groups is 2. The highest BCUT2D eigenvalue weighted by molar-refractivity contribution is 7.89. The van der Waals surface area contributed by atoms with E-state index >= 15 is 0 Å². The summed E-state index contributed by atoms with van der Waals surface area (Å²) in [7, 11) is 2.73. The fourth-order valence-electron chi connectivity index (χ4n) is 2.16. The minimum atomic E-state index is -3.65. The smallest absolute Gasteiger partial charge is 0.348 e. The third kappa shape index (κ3) is 5.06. The third-order valence-electron chi connectivity index (χ3n) is 3.56. The molecule has 1 amide bonds. The first kappa shape index (κ1) is 20.9. The molecule has 2 rings (SSSR count). The normalized spacial score (nSPS) is 11.3. The van der Waals surface area contributed by atoms with E-state index in [-0.39, 0.29) is 4.90 Å². The highest BCUT2D eigenvalue weighted by Gasteiger charge is 2.20. The predicted octanol–water partition coefficient (Wildman–Crippen LogP) is 1.86. The molecule has 8 nitrogen and oxygen atoms in total. The number of ether oxygens (including phenoxy) is 1. The molecular formula is C17H21N3O5S2. The van der Waals surface area contributed by atoms with Crippen molar-refractivity contribution in [1.29, 1.82) is 0 Å². The van der Waals surface area contributed by atoms with Crippen molar-refractivity contribution in [2.75, 3.05) is 45.0 Å². The lowest BCUT2D eigenvalue weighted by Crippen LogP contribution is -2.24. The standard InChI is InChI=1S/C17H21N3O5S2/c1-19(2)14-8-7-12(27(23,24)20(3)4)10-13(14)18-16(21)11-25-17(22)15-6-5-9-26-15/h5-10H,11H2,1-4H3,(H,18,21). The summed E-state index contributed by atoms with van der Waals surface area (Å²) in [6.07, 6.45) is 0. The molecule has 0 radical (unpaired) electrons. The molecule has 2 aromatic rings. The molecule has 0 aliphatic heterocycles. The lowest BCUT2D eigenvalue weighted by molar-refractivity contribution is -0.119. The number of sulfonamides is 1. The third-order valence-corrected chi connectivity index (χ3v) is 6.22. The Bertz CT molecular complexity index is 922. The Kier molecular flexibility index (Phi) is 6.58. The Morgan fingerprint density at radius 3 is 2.41 bits per heavy atom. The molecule has 0 atom stereocenters. The summed E-state index contributed by atoms with van der Waals surface area (Å²) in [6.45, 7) is -0.478. The minimum Gasteiger partial charge on any atom is -0.451 e. The number of thiophene rings is 1. The highest BCUT2D eigenvalue weighted by Crippen LogP contribution is 2.28. The zero-order valence-electron chi connectivity index (χ0n) is 15.4. The summed E-state index contributed by atoms with van der Waals surface area (Å²) in [6, 6.07) is 7.76. The van der Waals surface area contributed by atoms with Crippen molar-refractivity contribution in [2.45, 2.75) is 4.90 Å². The van der Waals surface area contributed by atoms with E-state index in [0.717, 1.165) is 4.31 Å². The molecule has 10 heteroatoms. The van der Waals surface area contributed by atoms with E-state index in [1.807, 2.05) is 0 Å². The van der Waals surface area contributed by atoms with Crippen molar-refractivity contribution in [3.63, 3.8) is 0 Å². The van der Waals surface area contributed by atoms with Gasteiger partial charge in [-0.05, 0) is 29.6 Å². The summed E-state index contributed by atoms with van der Waals surface area (Å²) >= 11 is 1.22. The molecule has 1 N–H and O–H groups in total. The van der Waals surface area contributed by atoms with Gasteiger partial charge in [-0.2, -0.15) is 0 Å². The molecule has 0 aliphatic carbocycles. The first-order chi connectivity index (χ1) is 12.6. The van der Waals surface area contributed by atoms with Crippen LogP contribution in [-0.4, -0.2) is 59.4 Å². The molecule has 1 aromatic heterocycles. The quantitative estimate of drug-likeness (QED) is 0.699. The van der Waals surface area contributed by atoms with Crippen LogP contribution in [0, 0.1) is 0 Å². The van der Waals surface area contributed by atoms with Gasteiger partial charge in [-0.3, -0.25) is 4.79 Å². The van der Waals surface area contributed by atoms with Crippen LogP contribution in [0.15, 0.2) is 40.6 Å². The number of hydrogen-bond acceptors (Lipinski definition) is 7. The number of anilines is 2. The molecule has 146 valence electrons. The van der Waals surface area contributed by atoms with Crippen molar-refractivity contribution in [1.82, 2.24) is 4.31 Å². The first-order valence-corrected chi connectivity index (χ1v) is 10.2. The topological polar surface area (TPSA) is 96.0 Å². The van der Waals surface area contributed by atoms with E-state index < -0.39 is 28.5 Å². The van der Waals surface area contributed by atoms with Gasteiger partial charge in [0, 0.05) is 28.2 Å². The van der Waals surface area contributed by atoms with Crippen LogP contribution in [-0.2, 0) is 19.6 Å². The molecule has 0 saturated carbocycles. The molecule has 27 heavy (non-hydrogen) atoms. The maximum Gasteiger partial charge on any atom is 0.348 e. The van der Waals surface area contributed by atoms with Gasteiger partial charge in [0.15, 0.2) is 6.61 Å². The number of rotatable bonds is 7. The highest BCUT2D eigenvalue weighted by atomic mass is 32.2. The second kappa shape index (κ2) is 8.51. The van der Waals surface area contributed by atoms with Gasteiger partial charge in [0.25, 0.3) is 5.91 Å². The number of benzene rings is 1. The van der Waals surface area contributed by atoms with Crippen LogP contribution in [0.5, 0.6) is 0 Å². The number of nitrogens with zero attached hydrogens (tertiary/aromatic N) is 2. The Morgan fingerprint density at radius 2 is 1.85 bits per heavy atom. The molecule has 0 fully saturated rings. The monoisotopic (exact) mass is 411 g/mol. The average molecular weight is 412 g/mol. The van der Waals surface area contributed by atoms with Gasteiger partial charge in [-0.15, -0.1) is 11.3 Å². The van der Waals surface area contributed by atoms with Crippen LogP contribution in [0.3, 0.4) is 0 Å². The van der Waals surface area contributed by atoms with Gasteiger partial charge < -0.3 is 15.0 Å². The summed E-state index contributed by atoms with van der Waals surface area (Å²) in [5.41, 5.74) is 0.922. The van der Waals surface area contributed by atoms with Gasteiger partial charge in [0.05, 0.1) is 16.3 Å². The number of amides is 1. The van der Waals surface area contributed by atoms with Crippen molar-refractivity contribution in [3.05, 3.63) is 40.6 Å². The Hall–Kier alpha value is -2.43. The Balaban J connectivity index is 2.17. The molecule has 0 saturated heterocycles. The van der Waals surface area contributed by atoms with E-state index in [9.17, 15) is 18.0 Å². The fraction of sp³-hybridized carbons (Fsp3) is 0.294. The van der Waals surface area contributed by atoms with Crippen LogP contribution in [0.1, 0.15) is 9.67 Å². The van der Waals surface area contributed by atoms with Crippen LogP contribution >= 0.6 is 11.3 Å². The van der Waals surface area contributed by atoms with Gasteiger partial charge in [0.2, 0.25) is 10.0 Å². The lowest BCUT2D eigenvalue weighted by Gasteiger charge is -2.20. The predicted molar refractivity (Wildman–Crippen MR) is 105 cm³/mol. The zero-order valence-corrected chi connectivity index (χ0v) is 17.1. The van der Waals surface area contributed by atoms with Gasteiger partial charge in [0.1, 0.15) is 4.88 Å². The Morgan fingerprint density at radius 1 is 1.15 bits per heavy atom. The van der Waals surface area contributed by atoms with Crippen molar-refractivity contribution < 1.29 is 22.7 Å². The minimum absolute atomic E-state index is 0.0454. The van der Waals surface area contributed by atoms with E-state index in [4.69, 9.17) is 4.74 Å². The van der Waals surface area contributed by atoms with E-state index in [1.165, 1.54) is 37.6 Å². The lowest BCUT2D eigenvalue weighted by atomic mass is 10.2. The zero-order chi connectivity index (χ0) is 20.2. The van der Waals surface area contributed by atoms with Gasteiger partial charge >= 0.3 is 5.97 Å². The summed E-state index contributed by atoms with van der Waals surface area (Å²) < 4.78 is 30.7. The van der Waals surface area contributed by atoms with Crippen molar-refractivity contribution in [3.8, 4) is 0 Å². The number of hydrogen-bond donors (Lipinski definition) is 1. The second-order valence-corrected chi connectivity index (χ2v) is 9.06. The van der Waals surface area contributed by atoms with Crippen LogP contribution in [0.25, 0.3) is 0 Å². The summed E-state index contributed by atoms with van der Waals surface area (Å²) in [4.78, 5) is 26.2.